The lowest BCUT2D eigenvalue weighted by Gasteiger charge is -2.35. The molecule has 158 valence electrons. The van der Waals surface area contributed by atoms with E-state index in [0.717, 1.165) is 24.1 Å². The van der Waals surface area contributed by atoms with Crippen LogP contribution >= 0.6 is 11.6 Å². The molecule has 0 unspecified atom stereocenters. The highest BCUT2D eigenvalue weighted by molar-refractivity contribution is 6.33. The van der Waals surface area contributed by atoms with Crippen LogP contribution in [0.4, 0.5) is 19.3 Å². The van der Waals surface area contributed by atoms with E-state index in [2.05, 4.69) is 20.5 Å². The molecule has 0 saturated carbocycles. The molecule has 1 fully saturated rings. The molecule has 2 bridgehead atoms. The molecule has 2 aliphatic heterocycles. The van der Waals surface area contributed by atoms with Crippen molar-refractivity contribution in [2.45, 2.75) is 31.3 Å². The summed E-state index contributed by atoms with van der Waals surface area (Å²) in [5.41, 5.74) is 1.81. The molecule has 2 aliphatic rings. The molecule has 0 radical (unpaired) electrons. The van der Waals surface area contributed by atoms with Crippen LogP contribution < -0.4 is 10.9 Å². The van der Waals surface area contributed by atoms with E-state index in [4.69, 9.17) is 11.6 Å². The molecule has 10 heteroatoms. The fourth-order valence-electron chi connectivity index (χ4n) is 4.43. The van der Waals surface area contributed by atoms with Crippen LogP contribution in [-0.2, 0) is 6.42 Å². The molecule has 2 amide bonds. The first-order valence-electron chi connectivity index (χ1n) is 9.69. The van der Waals surface area contributed by atoms with Gasteiger partial charge in [0.15, 0.2) is 0 Å². The molecule has 0 spiro atoms. The van der Waals surface area contributed by atoms with Crippen molar-refractivity contribution in [1.82, 2.24) is 20.1 Å². The van der Waals surface area contributed by atoms with E-state index in [1.54, 1.807) is 4.90 Å². The molecule has 4 heterocycles. The van der Waals surface area contributed by atoms with Crippen molar-refractivity contribution < 1.29 is 13.6 Å². The molecule has 7 nitrogen and oxygen atoms in total. The van der Waals surface area contributed by atoms with Crippen molar-refractivity contribution >= 4 is 23.3 Å². The zero-order chi connectivity index (χ0) is 21.7. The zero-order valence-electron chi connectivity index (χ0n) is 16.0. The predicted molar refractivity (Wildman–Crippen MR) is 110 cm³/mol. The van der Waals surface area contributed by atoms with E-state index in [1.807, 2.05) is 0 Å². The summed E-state index contributed by atoms with van der Waals surface area (Å²) in [6, 6.07) is 5.78. The monoisotopic (exact) mass is 443 g/mol. The maximum atomic E-state index is 14.8. The standard InChI is InChI=1S/C21H16ClF2N5O2/c22-14-9-16(15(23)8-13(14)10-3-4-25-18(24)6-10)26-21(31)29-12-1-2-17(29)20-11(5-12)7-19(30)27-28-20/h3-4,6-9,12,17H,1-2,5H2,(H,26,31)(H,27,30)/t12-,17+/m0/s1. The summed E-state index contributed by atoms with van der Waals surface area (Å²) in [7, 11) is 0. The first kappa shape index (κ1) is 19.6. The molecule has 1 saturated heterocycles. The van der Waals surface area contributed by atoms with Crippen LogP contribution in [0.3, 0.4) is 0 Å². The smallest absolute Gasteiger partial charge is 0.313 e. The second-order valence-electron chi connectivity index (χ2n) is 7.61. The number of anilines is 1. The number of carbonyl (C=O) groups is 1. The average molecular weight is 444 g/mol. The van der Waals surface area contributed by atoms with Gasteiger partial charge < -0.3 is 10.2 Å². The quantitative estimate of drug-likeness (QED) is 0.584. The average Bonchev–Trinajstić information content (AvgIpc) is 3.05. The molecule has 31 heavy (non-hydrogen) atoms. The third-order valence-electron chi connectivity index (χ3n) is 5.76. The highest BCUT2D eigenvalue weighted by Crippen LogP contribution is 2.42. The Morgan fingerprint density at radius 2 is 2.06 bits per heavy atom. The molecule has 5 rings (SSSR count). The topological polar surface area (TPSA) is 91.0 Å². The predicted octanol–water partition coefficient (Wildman–Crippen LogP) is 4.06. The van der Waals surface area contributed by atoms with Crippen LogP contribution in [0.15, 0.2) is 41.3 Å². The Bertz CT molecular complexity index is 1260. The van der Waals surface area contributed by atoms with Gasteiger partial charge in [0.2, 0.25) is 5.95 Å². The number of halogens is 3. The largest absolute Gasteiger partial charge is 0.322 e. The maximum Gasteiger partial charge on any atom is 0.322 e. The highest BCUT2D eigenvalue weighted by atomic mass is 35.5. The van der Waals surface area contributed by atoms with Gasteiger partial charge in [0.25, 0.3) is 5.56 Å². The lowest BCUT2D eigenvalue weighted by Crippen LogP contribution is -2.45. The number of aromatic nitrogens is 3. The van der Waals surface area contributed by atoms with Crippen molar-refractivity contribution in [1.29, 1.82) is 0 Å². The number of rotatable bonds is 2. The number of hydrogen-bond acceptors (Lipinski definition) is 4. The molecule has 2 N–H and O–H groups in total. The van der Waals surface area contributed by atoms with Crippen LogP contribution in [0.25, 0.3) is 11.1 Å². The Hall–Kier alpha value is -3.33. The van der Waals surface area contributed by atoms with Crippen molar-refractivity contribution in [3.63, 3.8) is 0 Å². The van der Waals surface area contributed by atoms with Crippen LogP contribution in [0.1, 0.15) is 30.1 Å². The Morgan fingerprint density at radius 3 is 2.87 bits per heavy atom. The maximum absolute atomic E-state index is 14.8. The summed E-state index contributed by atoms with van der Waals surface area (Å²) in [6.45, 7) is 0. The van der Waals surface area contributed by atoms with Gasteiger partial charge in [-0.15, -0.1) is 0 Å². The Kier molecular flexibility index (Phi) is 4.70. The van der Waals surface area contributed by atoms with Gasteiger partial charge in [-0.3, -0.25) is 4.79 Å². The normalized spacial score (nSPS) is 19.3. The molecule has 1 aromatic carbocycles. The number of urea groups is 1. The van der Waals surface area contributed by atoms with E-state index in [-0.39, 0.29) is 28.4 Å². The number of fused-ring (bicyclic) bond motifs is 4. The van der Waals surface area contributed by atoms with Gasteiger partial charge in [0.05, 0.1) is 22.4 Å². The fraction of sp³-hybridized carbons (Fsp3) is 0.238. The fourth-order valence-corrected chi connectivity index (χ4v) is 4.70. The third kappa shape index (κ3) is 3.44. The SMILES string of the molecule is O=C(Nc1cc(Cl)c(-c2ccnc(F)c2)cc1F)N1[C@H]2CC[C@@H]1c1n[nH]c(=O)cc1C2. The zero-order valence-corrected chi connectivity index (χ0v) is 16.8. The van der Waals surface area contributed by atoms with Crippen LogP contribution in [0, 0.1) is 11.8 Å². The van der Waals surface area contributed by atoms with Crippen molar-refractivity contribution in [3.05, 3.63) is 74.9 Å². The van der Waals surface area contributed by atoms with E-state index in [1.165, 1.54) is 24.4 Å². The summed E-state index contributed by atoms with van der Waals surface area (Å²) in [5.74, 6) is -1.40. The lowest BCUT2D eigenvalue weighted by molar-refractivity contribution is 0.177. The van der Waals surface area contributed by atoms with Gasteiger partial charge in [-0.2, -0.15) is 9.49 Å². The highest BCUT2D eigenvalue weighted by Gasteiger charge is 2.44. The molecular formula is C21H16ClF2N5O2. The Labute approximate surface area is 180 Å². The first-order chi connectivity index (χ1) is 14.9. The second kappa shape index (κ2) is 7.42. The summed E-state index contributed by atoms with van der Waals surface area (Å²) >= 11 is 6.29. The minimum absolute atomic E-state index is 0.0760. The number of amides is 2. The van der Waals surface area contributed by atoms with Gasteiger partial charge in [0, 0.05) is 29.9 Å². The summed E-state index contributed by atoms with van der Waals surface area (Å²) in [5, 5.41) is 9.31. The minimum Gasteiger partial charge on any atom is -0.313 e. The van der Waals surface area contributed by atoms with Gasteiger partial charge in [0.1, 0.15) is 5.82 Å². The van der Waals surface area contributed by atoms with Gasteiger partial charge in [-0.1, -0.05) is 11.6 Å². The third-order valence-corrected chi connectivity index (χ3v) is 6.08. The molecule has 0 aliphatic carbocycles. The van der Waals surface area contributed by atoms with E-state index in [9.17, 15) is 18.4 Å². The number of aromatic amines is 1. The van der Waals surface area contributed by atoms with E-state index < -0.39 is 17.8 Å². The summed E-state index contributed by atoms with van der Waals surface area (Å²) in [6.07, 6.45) is 3.25. The number of carbonyl (C=O) groups excluding carboxylic acids is 1. The Balaban J connectivity index is 1.42. The number of pyridine rings is 1. The van der Waals surface area contributed by atoms with Crippen LogP contribution in [0.5, 0.6) is 0 Å². The lowest BCUT2D eigenvalue weighted by atomic mass is 9.99. The van der Waals surface area contributed by atoms with Gasteiger partial charge >= 0.3 is 6.03 Å². The number of nitrogens with zero attached hydrogens (tertiary/aromatic N) is 3. The number of H-pyrrole nitrogens is 1. The van der Waals surface area contributed by atoms with Crippen LogP contribution in [0.2, 0.25) is 5.02 Å². The molecule has 2 atom stereocenters. The summed E-state index contributed by atoms with van der Waals surface area (Å²) < 4.78 is 28.2. The number of hydrogen-bond donors (Lipinski definition) is 2. The number of nitrogens with one attached hydrogen (secondary N) is 2. The van der Waals surface area contributed by atoms with E-state index in [0.29, 0.717) is 29.7 Å². The van der Waals surface area contributed by atoms with Gasteiger partial charge in [-0.25, -0.2) is 19.3 Å². The van der Waals surface area contributed by atoms with E-state index >= 15 is 0 Å². The minimum atomic E-state index is -0.706. The van der Waals surface area contributed by atoms with Crippen molar-refractivity contribution in [2.24, 2.45) is 0 Å². The van der Waals surface area contributed by atoms with Gasteiger partial charge in [-0.05, 0) is 48.6 Å². The summed E-state index contributed by atoms with van der Waals surface area (Å²) in [4.78, 5) is 29.7. The second-order valence-corrected chi connectivity index (χ2v) is 8.02. The van der Waals surface area contributed by atoms with Crippen LogP contribution in [-0.4, -0.2) is 32.2 Å². The van der Waals surface area contributed by atoms with Crippen molar-refractivity contribution in [3.8, 4) is 11.1 Å². The number of benzene rings is 1. The first-order valence-corrected chi connectivity index (χ1v) is 10.1. The molecular weight excluding hydrogens is 428 g/mol. The van der Waals surface area contributed by atoms with Crippen molar-refractivity contribution in [2.75, 3.05) is 5.32 Å². The molecule has 2 aromatic heterocycles. The Morgan fingerprint density at radius 1 is 1.23 bits per heavy atom. The molecule has 3 aromatic rings.